The van der Waals surface area contributed by atoms with Gasteiger partial charge in [0.25, 0.3) is 11.8 Å². The lowest BCUT2D eigenvalue weighted by molar-refractivity contribution is -0.158. The number of thiophene rings is 1. The predicted octanol–water partition coefficient (Wildman–Crippen LogP) is 2.27. The van der Waals surface area contributed by atoms with Gasteiger partial charge in [0.15, 0.2) is 6.61 Å². The Morgan fingerprint density at radius 3 is 2.47 bits per heavy atom. The first kappa shape index (κ1) is 22.0. The van der Waals surface area contributed by atoms with Gasteiger partial charge in [0.2, 0.25) is 0 Å². The van der Waals surface area contributed by atoms with Gasteiger partial charge in [-0.1, -0.05) is 36.4 Å². The standard InChI is InChI=1S/C22H26N2O5S/c1-15-12-24(13-16(2)29-15)20(25)14-28-22(27)18(11-17-7-4-3-5-8-17)23-21(26)19-9-6-10-30-19/h3-10,15-16,18H,11-14H2,1-2H3,(H,23,26). The van der Waals surface area contributed by atoms with Crippen LogP contribution in [0.25, 0.3) is 0 Å². The summed E-state index contributed by atoms with van der Waals surface area (Å²) < 4.78 is 10.9. The first-order chi connectivity index (χ1) is 14.4. The maximum absolute atomic E-state index is 12.7. The molecule has 2 aromatic rings. The van der Waals surface area contributed by atoms with Crippen LogP contribution in [-0.2, 0) is 25.5 Å². The lowest BCUT2D eigenvalue weighted by atomic mass is 10.1. The molecule has 1 aliphatic rings. The SMILES string of the molecule is CC1CN(C(=O)COC(=O)C(Cc2ccccc2)NC(=O)c2cccs2)CC(C)O1. The summed E-state index contributed by atoms with van der Waals surface area (Å²) in [6, 6.07) is 11.9. The summed E-state index contributed by atoms with van der Waals surface area (Å²) in [5, 5.41) is 4.53. The van der Waals surface area contributed by atoms with Crippen LogP contribution in [0.4, 0.5) is 0 Å². The van der Waals surface area contributed by atoms with Gasteiger partial charge in [0, 0.05) is 19.5 Å². The summed E-state index contributed by atoms with van der Waals surface area (Å²) >= 11 is 1.29. The van der Waals surface area contributed by atoms with E-state index in [1.54, 1.807) is 22.4 Å². The number of hydrogen-bond acceptors (Lipinski definition) is 6. The van der Waals surface area contributed by atoms with Gasteiger partial charge in [-0.05, 0) is 30.9 Å². The molecule has 30 heavy (non-hydrogen) atoms. The van der Waals surface area contributed by atoms with Gasteiger partial charge in [-0.25, -0.2) is 4.79 Å². The van der Waals surface area contributed by atoms with Crippen molar-refractivity contribution in [2.24, 2.45) is 0 Å². The number of amides is 2. The van der Waals surface area contributed by atoms with Crippen LogP contribution in [0.1, 0.15) is 29.1 Å². The van der Waals surface area contributed by atoms with Gasteiger partial charge in [0.1, 0.15) is 6.04 Å². The predicted molar refractivity (Wildman–Crippen MR) is 113 cm³/mol. The normalized spacial score (nSPS) is 19.7. The summed E-state index contributed by atoms with van der Waals surface area (Å²) in [6.45, 7) is 4.36. The van der Waals surface area contributed by atoms with Crippen LogP contribution in [-0.4, -0.2) is 60.6 Å². The lowest BCUT2D eigenvalue weighted by Gasteiger charge is -2.35. The minimum absolute atomic E-state index is 0.0654. The zero-order valence-corrected chi connectivity index (χ0v) is 17.9. The third-order valence-corrected chi connectivity index (χ3v) is 5.60. The molecular weight excluding hydrogens is 404 g/mol. The molecule has 2 heterocycles. The van der Waals surface area contributed by atoms with Crippen LogP contribution in [0.5, 0.6) is 0 Å². The highest BCUT2D eigenvalue weighted by Gasteiger charge is 2.28. The van der Waals surface area contributed by atoms with Gasteiger partial charge in [0.05, 0.1) is 17.1 Å². The lowest BCUT2D eigenvalue weighted by Crippen LogP contribution is -2.50. The molecule has 1 aromatic heterocycles. The second-order valence-corrected chi connectivity index (χ2v) is 8.30. The zero-order valence-electron chi connectivity index (χ0n) is 17.1. The van der Waals surface area contributed by atoms with E-state index >= 15 is 0 Å². The second kappa shape index (κ2) is 10.4. The number of benzene rings is 1. The summed E-state index contributed by atoms with van der Waals surface area (Å²) in [6.07, 6.45) is 0.144. The molecule has 1 saturated heterocycles. The molecule has 8 heteroatoms. The van der Waals surface area contributed by atoms with Crippen LogP contribution in [0.15, 0.2) is 47.8 Å². The smallest absolute Gasteiger partial charge is 0.329 e. The highest BCUT2D eigenvalue weighted by molar-refractivity contribution is 7.12. The molecular formula is C22H26N2O5S. The minimum atomic E-state index is -0.891. The Hall–Kier alpha value is -2.71. The maximum atomic E-state index is 12.7. The number of nitrogens with zero attached hydrogens (tertiary/aromatic N) is 1. The molecule has 3 rings (SSSR count). The average Bonchev–Trinajstić information content (AvgIpc) is 3.26. The molecule has 0 aliphatic carbocycles. The summed E-state index contributed by atoms with van der Waals surface area (Å²) in [5.41, 5.74) is 0.882. The highest BCUT2D eigenvalue weighted by atomic mass is 32.1. The van der Waals surface area contributed by atoms with Gasteiger partial charge < -0.3 is 19.7 Å². The van der Waals surface area contributed by atoms with Crippen LogP contribution < -0.4 is 5.32 Å². The Morgan fingerprint density at radius 2 is 1.83 bits per heavy atom. The summed E-state index contributed by atoms with van der Waals surface area (Å²) in [5.74, 6) is -1.25. The third kappa shape index (κ3) is 6.14. The molecule has 7 nitrogen and oxygen atoms in total. The van der Waals surface area contributed by atoms with E-state index < -0.39 is 12.0 Å². The van der Waals surface area contributed by atoms with Crippen molar-refractivity contribution in [3.63, 3.8) is 0 Å². The van der Waals surface area contributed by atoms with E-state index in [2.05, 4.69) is 5.32 Å². The molecule has 160 valence electrons. The third-order valence-electron chi connectivity index (χ3n) is 4.73. The molecule has 0 bridgehead atoms. The molecule has 3 unspecified atom stereocenters. The number of nitrogens with one attached hydrogen (secondary N) is 1. The number of carbonyl (C=O) groups is 3. The number of hydrogen-bond donors (Lipinski definition) is 1. The molecule has 3 atom stereocenters. The quantitative estimate of drug-likeness (QED) is 0.681. The first-order valence-corrected chi connectivity index (χ1v) is 10.8. The highest BCUT2D eigenvalue weighted by Crippen LogP contribution is 2.12. The van der Waals surface area contributed by atoms with Crippen molar-refractivity contribution in [1.82, 2.24) is 10.2 Å². The average molecular weight is 431 g/mol. The topological polar surface area (TPSA) is 84.9 Å². The van der Waals surface area contributed by atoms with Crippen molar-refractivity contribution in [1.29, 1.82) is 0 Å². The Bertz CT molecular complexity index is 846. The Labute approximate surface area is 180 Å². The monoisotopic (exact) mass is 430 g/mol. The first-order valence-electron chi connectivity index (χ1n) is 9.90. The van der Waals surface area contributed by atoms with E-state index in [-0.39, 0.29) is 37.0 Å². The Kier molecular flexibility index (Phi) is 7.59. The second-order valence-electron chi connectivity index (χ2n) is 7.36. The summed E-state index contributed by atoms with van der Waals surface area (Å²) in [7, 11) is 0. The van der Waals surface area contributed by atoms with E-state index in [1.165, 1.54) is 11.3 Å². The van der Waals surface area contributed by atoms with Gasteiger partial charge in [-0.15, -0.1) is 11.3 Å². The van der Waals surface area contributed by atoms with Crippen LogP contribution in [0.3, 0.4) is 0 Å². The van der Waals surface area contributed by atoms with Crippen molar-refractivity contribution in [2.75, 3.05) is 19.7 Å². The molecule has 2 amide bonds. The fraction of sp³-hybridized carbons (Fsp3) is 0.409. The summed E-state index contributed by atoms with van der Waals surface area (Å²) in [4.78, 5) is 39.9. The van der Waals surface area contributed by atoms with Crippen molar-refractivity contribution in [2.45, 2.75) is 38.5 Å². The molecule has 0 spiro atoms. The van der Waals surface area contributed by atoms with Gasteiger partial charge in [-0.2, -0.15) is 0 Å². The van der Waals surface area contributed by atoms with Gasteiger partial charge >= 0.3 is 5.97 Å². The van der Waals surface area contributed by atoms with E-state index in [4.69, 9.17) is 9.47 Å². The fourth-order valence-corrected chi connectivity index (χ4v) is 4.01. The maximum Gasteiger partial charge on any atom is 0.329 e. The number of esters is 1. The molecule has 1 fully saturated rings. The van der Waals surface area contributed by atoms with E-state index in [9.17, 15) is 14.4 Å². The van der Waals surface area contributed by atoms with Gasteiger partial charge in [-0.3, -0.25) is 9.59 Å². The number of ether oxygens (including phenoxy) is 2. The molecule has 1 aromatic carbocycles. The molecule has 1 aliphatic heterocycles. The Balaban J connectivity index is 1.62. The number of carbonyl (C=O) groups excluding carboxylic acids is 3. The van der Waals surface area contributed by atoms with Crippen molar-refractivity contribution in [3.8, 4) is 0 Å². The Morgan fingerprint density at radius 1 is 1.13 bits per heavy atom. The fourth-order valence-electron chi connectivity index (χ4n) is 3.39. The largest absolute Gasteiger partial charge is 0.454 e. The van der Waals surface area contributed by atoms with E-state index in [0.29, 0.717) is 18.0 Å². The van der Waals surface area contributed by atoms with Crippen LogP contribution >= 0.6 is 11.3 Å². The van der Waals surface area contributed by atoms with E-state index in [1.807, 2.05) is 44.2 Å². The molecule has 0 radical (unpaired) electrons. The minimum Gasteiger partial charge on any atom is -0.454 e. The molecule has 1 N–H and O–H groups in total. The molecule has 0 saturated carbocycles. The van der Waals surface area contributed by atoms with Crippen molar-refractivity contribution < 1.29 is 23.9 Å². The number of morpholine rings is 1. The van der Waals surface area contributed by atoms with Crippen LogP contribution in [0, 0.1) is 0 Å². The van der Waals surface area contributed by atoms with E-state index in [0.717, 1.165) is 5.56 Å². The zero-order chi connectivity index (χ0) is 21.5. The number of rotatable bonds is 7. The van der Waals surface area contributed by atoms with Crippen molar-refractivity contribution >= 4 is 29.1 Å². The van der Waals surface area contributed by atoms with Crippen LogP contribution in [0.2, 0.25) is 0 Å². The van der Waals surface area contributed by atoms with Crippen molar-refractivity contribution in [3.05, 3.63) is 58.3 Å².